The van der Waals surface area contributed by atoms with Gasteiger partial charge in [0.2, 0.25) is 0 Å². The largest absolute Gasteiger partial charge is 0.476 e. The highest BCUT2D eigenvalue weighted by atomic mass is 32.2. The summed E-state index contributed by atoms with van der Waals surface area (Å²) in [5.74, 6) is -1.37. The number of sulfonamides is 1. The summed E-state index contributed by atoms with van der Waals surface area (Å²) < 4.78 is 26.2. The van der Waals surface area contributed by atoms with E-state index in [9.17, 15) is 13.2 Å². The number of aryl methyl sites for hydroxylation is 1. The first-order chi connectivity index (χ1) is 8.90. The van der Waals surface area contributed by atoms with E-state index in [4.69, 9.17) is 5.11 Å². The summed E-state index contributed by atoms with van der Waals surface area (Å²) in [7, 11) is -3.94. The Morgan fingerprint density at radius 3 is 2.79 bits per heavy atom. The molecule has 0 atom stereocenters. The molecule has 0 unspecified atom stereocenters. The van der Waals surface area contributed by atoms with E-state index in [1.165, 1.54) is 5.51 Å². The number of anilines is 1. The Morgan fingerprint density at radius 1 is 1.42 bits per heavy atom. The monoisotopic (exact) mass is 298 g/mol. The molecule has 1 aromatic carbocycles. The van der Waals surface area contributed by atoms with Crippen LogP contribution in [0.1, 0.15) is 16.1 Å². The summed E-state index contributed by atoms with van der Waals surface area (Å²) in [5.41, 5.74) is 1.99. The van der Waals surface area contributed by atoms with Gasteiger partial charge < -0.3 is 5.11 Å². The molecule has 1 aromatic heterocycles. The first-order valence-electron chi connectivity index (χ1n) is 5.16. The van der Waals surface area contributed by atoms with Gasteiger partial charge in [-0.1, -0.05) is 12.1 Å². The van der Waals surface area contributed by atoms with E-state index in [0.717, 1.165) is 16.9 Å². The number of carboxylic acid groups (broad SMARTS) is 1. The number of hydrogen-bond acceptors (Lipinski definition) is 5. The molecule has 0 aliphatic rings. The lowest BCUT2D eigenvalue weighted by molar-refractivity contribution is 0.0687. The number of rotatable bonds is 4. The lowest BCUT2D eigenvalue weighted by atomic mass is 10.2. The maximum Gasteiger partial charge on any atom is 0.356 e. The standard InChI is InChI=1S/C11H10N2O4S2/c1-7-3-2-4-8(5-7)13-19(16,17)11-9(10(14)15)12-6-18-11/h2-6,13H,1H3,(H,14,15). The Morgan fingerprint density at radius 2 is 2.16 bits per heavy atom. The second-order valence-electron chi connectivity index (χ2n) is 3.77. The Labute approximate surface area is 113 Å². The van der Waals surface area contributed by atoms with Gasteiger partial charge >= 0.3 is 5.97 Å². The number of hydrogen-bond donors (Lipinski definition) is 2. The summed E-state index contributed by atoms with van der Waals surface area (Å²) in [4.78, 5) is 14.4. The van der Waals surface area contributed by atoms with Crippen LogP contribution in [0, 0.1) is 6.92 Å². The average Bonchev–Trinajstić information content (AvgIpc) is 2.77. The van der Waals surface area contributed by atoms with Gasteiger partial charge in [-0.2, -0.15) is 0 Å². The van der Waals surface area contributed by atoms with Crippen LogP contribution in [0.5, 0.6) is 0 Å². The number of nitrogens with one attached hydrogen (secondary N) is 1. The molecule has 0 fully saturated rings. The zero-order valence-corrected chi connectivity index (χ0v) is 11.5. The highest BCUT2D eigenvalue weighted by Gasteiger charge is 2.25. The lowest BCUT2D eigenvalue weighted by Crippen LogP contribution is -2.15. The van der Waals surface area contributed by atoms with Gasteiger partial charge in [0.25, 0.3) is 10.0 Å². The van der Waals surface area contributed by atoms with Crippen LogP contribution in [-0.2, 0) is 10.0 Å². The van der Waals surface area contributed by atoms with E-state index in [2.05, 4.69) is 9.71 Å². The Bertz CT molecular complexity index is 722. The minimum Gasteiger partial charge on any atom is -0.476 e. The van der Waals surface area contributed by atoms with Gasteiger partial charge in [-0.25, -0.2) is 18.2 Å². The number of carbonyl (C=O) groups is 1. The molecular formula is C11H10N2O4S2. The molecule has 1 heterocycles. The smallest absolute Gasteiger partial charge is 0.356 e. The average molecular weight is 298 g/mol. The quantitative estimate of drug-likeness (QED) is 0.899. The molecule has 100 valence electrons. The number of benzene rings is 1. The zero-order valence-electron chi connectivity index (χ0n) is 9.82. The van der Waals surface area contributed by atoms with Crippen LogP contribution in [0.15, 0.2) is 34.0 Å². The maximum absolute atomic E-state index is 12.1. The summed E-state index contributed by atoms with van der Waals surface area (Å²) >= 11 is 0.766. The summed E-state index contributed by atoms with van der Waals surface area (Å²) in [6, 6.07) is 6.77. The molecule has 2 aromatic rings. The predicted octanol–water partition coefficient (Wildman–Crippen LogP) is 1.95. The molecule has 6 nitrogen and oxygen atoms in total. The van der Waals surface area contributed by atoms with E-state index in [0.29, 0.717) is 5.69 Å². The van der Waals surface area contributed by atoms with E-state index in [-0.39, 0.29) is 4.21 Å². The molecule has 0 aliphatic heterocycles. The Hall–Kier alpha value is -1.93. The number of aromatic carboxylic acids is 1. The van der Waals surface area contributed by atoms with E-state index in [1.54, 1.807) is 18.2 Å². The van der Waals surface area contributed by atoms with E-state index in [1.807, 2.05) is 13.0 Å². The van der Waals surface area contributed by atoms with Gasteiger partial charge in [0.1, 0.15) is 0 Å². The summed E-state index contributed by atoms with van der Waals surface area (Å²) in [6.45, 7) is 1.83. The SMILES string of the molecule is Cc1cccc(NS(=O)(=O)c2scnc2C(=O)O)c1. The summed E-state index contributed by atoms with van der Waals surface area (Å²) in [6.07, 6.45) is 0. The van der Waals surface area contributed by atoms with Crippen molar-refractivity contribution in [3.8, 4) is 0 Å². The van der Waals surface area contributed by atoms with Gasteiger partial charge in [-0.05, 0) is 24.6 Å². The van der Waals surface area contributed by atoms with Crippen molar-refractivity contribution in [1.29, 1.82) is 0 Å². The van der Waals surface area contributed by atoms with Crippen LogP contribution in [-0.4, -0.2) is 24.5 Å². The minimum absolute atomic E-state index is 0.304. The first kappa shape index (κ1) is 13.5. The number of aromatic nitrogens is 1. The zero-order chi connectivity index (χ0) is 14.0. The van der Waals surface area contributed by atoms with Crippen molar-refractivity contribution >= 4 is 33.0 Å². The fraction of sp³-hybridized carbons (Fsp3) is 0.0909. The predicted molar refractivity (Wildman–Crippen MR) is 71.1 cm³/mol. The third-order valence-corrected chi connectivity index (χ3v) is 5.00. The van der Waals surface area contributed by atoms with Gasteiger partial charge in [0, 0.05) is 5.69 Å². The van der Waals surface area contributed by atoms with Crippen molar-refractivity contribution in [2.45, 2.75) is 11.1 Å². The summed E-state index contributed by atoms with van der Waals surface area (Å²) in [5, 5.41) is 8.88. The molecule has 19 heavy (non-hydrogen) atoms. The third kappa shape index (κ3) is 2.91. The molecule has 0 aliphatic carbocycles. The van der Waals surface area contributed by atoms with Crippen LogP contribution >= 0.6 is 11.3 Å². The van der Waals surface area contributed by atoms with Crippen molar-refractivity contribution in [3.05, 3.63) is 41.0 Å². The van der Waals surface area contributed by atoms with Crippen molar-refractivity contribution in [3.63, 3.8) is 0 Å². The van der Waals surface area contributed by atoms with Crippen LogP contribution in [0.4, 0.5) is 5.69 Å². The van der Waals surface area contributed by atoms with E-state index >= 15 is 0 Å². The van der Waals surface area contributed by atoms with Crippen LogP contribution in [0.3, 0.4) is 0 Å². The third-order valence-electron chi connectivity index (χ3n) is 2.25. The maximum atomic E-state index is 12.1. The number of carboxylic acids is 1. The number of thiazole rings is 1. The highest BCUT2D eigenvalue weighted by molar-refractivity contribution is 7.94. The molecule has 2 rings (SSSR count). The second kappa shape index (κ2) is 4.98. The van der Waals surface area contributed by atoms with Gasteiger partial charge in [-0.3, -0.25) is 4.72 Å². The van der Waals surface area contributed by atoms with Gasteiger partial charge in [0.05, 0.1) is 5.51 Å². The molecule has 2 N–H and O–H groups in total. The van der Waals surface area contributed by atoms with Crippen LogP contribution in [0.25, 0.3) is 0 Å². The molecule has 0 radical (unpaired) electrons. The number of nitrogens with zero attached hydrogens (tertiary/aromatic N) is 1. The van der Waals surface area contributed by atoms with Gasteiger partial charge in [-0.15, -0.1) is 11.3 Å². The molecule has 0 bridgehead atoms. The first-order valence-corrected chi connectivity index (χ1v) is 7.53. The van der Waals surface area contributed by atoms with Crippen molar-refractivity contribution in [2.24, 2.45) is 0 Å². The molecule has 0 saturated heterocycles. The highest BCUT2D eigenvalue weighted by Crippen LogP contribution is 2.23. The van der Waals surface area contributed by atoms with Crippen molar-refractivity contribution < 1.29 is 18.3 Å². The molecule has 0 spiro atoms. The van der Waals surface area contributed by atoms with Gasteiger partial charge in [0.15, 0.2) is 9.90 Å². The molecule has 0 saturated carbocycles. The van der Waals surface area contributed by atoms with Crippen molar-refractivity contribution in [1.82, 2.24) is 4.98 Å². The van der Waals surface area contributed by atoms with E-state index < -0.39 is 21.7 Å². The molecule has 8 heteroatoms. The lowest BCUT2D eigenvalue weighted by Gasteiger charge is -2.07. The molecular weight excluding hydrogens is 288 g/mol. The fourth-order valence-electron chi connectivity index (χ4n) is 1.48. The van der Waals surface area contributed by atoms with Crippen molar-refractivity contribution in [2.75, 3.05) is 4.72 Å². The normalized spacial score (nSPS) is 11.2. The Balaban J connectivity index is 2.38. The topological polar surface area (TPSA) is 96.4 Å². The Kier molecular flexibility index (Phi) is 3.54. The molecule has 0 amide bonds. The van der Waals surface area contributed by atoms with Crippen LogP contribution < -0.4 is 4.72 Å². The fourth-order valence-corrected chi connectivity index (χ4v) is 3.67. The second-order valence-corrected chi connectivity index (χ2v) is 6.50. The minimum atomic E-state index is -3.94. The van der Waals surface area contributed by atoms with Crippen LogP contribution in [0.2, 0.25) is 0 Å².